The monoisotopic (exact) mass is 375 g/mol. The van der Waals surface area contributed by atoms with Gasteiger partial charge in [0.05, 0.1) is 17.3 Å². The van der Waals surface area contributed by atoms with Crippen molar-refractivity contribution >= 4 is 17.5 Å². The number of ether oxygens (including phenoxy) is 1. The van der Waals surface area contributed by atoms with Crippen LogP contribution >= 0.6 is 0 Å². The number of halogens is 2. The molecule has 0 spiro atoms. The summed E-state index contributed by atoms with van der Waals surface area (Å²) in [5, 5.41) is 3.24. The highest BCUT2D eigenvalue weighted by molar-refractivity contribution is 6.06. The Labute approximate surface area is 154 Å². The SMILES string of the molecule is CC1(C)C(=O)N([C@H]2C[C@H](Nc3ccc(OC(F)F)cn3)C2)c2nccnc21. The third-order valence-electron chi connectivity index (χ3n) is 5.04. The van der Waals surface area contributed by atoms with E-state index >= 15 is 0 Å². The fourth-order valence-corrected chi connectivity index (χ4v) is 3.55. The molecule has 2 aromatic rings. The molecular formula is C18H19F2N5O2. The Kier molecular flexibility index (Phi) is 4.16. The summed E-state index contributed by atoms with van der Waals surface area (Å²) in [6.45, 7) is 0.861. The molecule has 1 fully saturated rings. The number of carbonyl (C=O) groups excluding carboxylic acids is 1. The number of amides is 1. The van der Waals surface area contributed by atoms with Crippen LogP contribution in [0, 0.1) is 0 Å². The van der Waals surface area contributed by atoms with Crippen LogP contribution in [0.5, 0.6) is 5.75 Å². The van der Waals surface area contributed by atoms with Gasteiger partial charge in [-0.15, -0.1) is 0 Å². The number of aromatic nitrogens is 3. The minimum Gasteiger partial charge on any atom is -0.433 e. The van der Waals surface area contributed by atoms with Crippen LogP contribution in [0.1, 0.15) is 32.4 Å². The number of anilines is 2. The Hall–Kier alpha value is -2.84. The molecule has 1 aliphatic carbocycles. The molecule has 9 heteroatoms. The second-order valence-electron chi connectivity index (χ2n) is 7.25. The number of hydrogen-bond acceptors (Lipinski definition) is 6. The Morgan fingerprint density at radius 3 is 2.63 bits per heavy atom. The standard InChI is InChI=1S/C18H19F2N5O2/c1-18(2)14-15(22-6-5-21-14)25(16(18)26)11-7-10(8-11)24-13-4-3-12(9-23-13)27-17(19)20/h3-6,9-11,17H,7-8H2,1-2H3,(H,23,24)/t10-,11-. The van der Waals surface area contributed by atoms with E-state index in [0.29, 0.717) is 17.3 Å². The van der Waals surface area contributed by atoms with Crippen molar-refractivity contribution in [1.29, 1.82) is 0 Å². The molecular weight excluding hydrogens is 356 g/mol. The largest absolute Gasteiger partial charge is 0.433 e. The zero-order valence-electron chi connectivity index (χ0n) is 14.9. The molecule has 1 N–H and O–H groups in total. The molecule has 4 rings (SSSR count). The molecule has 0 saturated heterocycles. The van der Waals surface area contributed by atoms with Gasteiger partial charge in [-0.1, -0.05) is 0 Å². The van der Waals surface area contributed by atoms with E-state index in [1.165, 1.54) is 12.3 Å². The molecule has 2 aromatic heterocycles. The van der Waals surface area contributed by atoms with Crippen LogP contribution in [0.15, 0.2) is 30.7 Å². The number of pyridine rings is 1. The summed E-state index contributed by atoms with van der Waals surface area (Å²) in [5.41, 5.74) is 0.0344. The van der Waals surface area contributed by atoms with Gasteiger partial charge in [0.25, 0.3) is 0 Å². The smallest absolute Gasteiger partial charge is 0.387 e. The predicted octanol–water partition coefficient (Wildman–Crippen LogP) is 2.74. The first-order valence-corrected chi connectivity index (χ1v) is 8.69. The number of alkyl halides is 2. The summed E-state index contributed by atoms with van der Waals surface area (Å²) in [6.07, 6.45) is 5.95. The van der Waals surface area contributed by atoms with Crippen molar-refractivity contribution in [3.8, 4) is 5.75 Å². The van der Waals surface area contributed by atoms with Crippen molar-refractivity contribution in [1.82, 2.24) is 15.0 Å². The third kappa shape index (κ3) is 3.07. The highest BCUT2D eigenvalue weighted by Crippen LogP contribution is 2.43. The average Bonchev–Trinajstić information content (AvgIpc) is 2.79. The maximum absolute atomic E-state index is 12.8. The fraction of sp³-hybridized carbons (Fsp3) is 0.444. The van der Waals surface area contributed by atoms with Gasteiger partial charge in [-0.2, -0.15) is 8.78 Å². The molecule has 1 saturated carbocycles. The Bertz CT molecular complexity index is 853. The molecule has 142 valence electrons. The molecule has 0 radical (unpaired) electrons. The molecule has 0 atom stereocenters. The first-order valence-electron chi connectivity index (χ1n) is 8.69. The van der Waals surface area contributed by atoms with E-state index < -0.39 is 12.0 Å². The van der Waals surface area contributed by atoms with Crippen molar-refractivity contribution in [2.24, 2.45) is 0 Å². The van der Waals surface area contributed by atoms with Crippen LogP contribution in [-0.4, -0.2) is 39.6 Å². The summed E-state index contributed by atoms with van der Waals surface area (Å²) in [5.74, 6) is 1.25. The molecule has 27 heavy (non-hydrogen) atoms. The van der Waals surface area contributed by atoms with Gasteiger partial charge in [0.1, 0.15) is 11.6 Å². The maximum atomic E-state index is 12.8. The van der Waals surface area contributed by atoms with Gasteiger partial charge in [0.2, 0.25) is 5.91 Å². The molecule has 0 unspecified atom stereocenters. The Balaban J connectivity index is 1.39. The van der Waals surface area contributed by atoms with Crippen LogP contribution in [0.2, 0.25) is 0 Å². The highest BCUT2D eigenvalue weighted by atomic mass is 19.3. The van der Waals surface area contributed by atoms with Gasteiger partial charge in [0.15, 0.2) is 5.82 Å². The normalized spacial score (nSPS) is 23.1. The molecule has 1 amide bonds. The molecule has 7 nitrogen and oxygen atoms in total. The minimum atomic E-state index is -2.87. The summed E-state index contributed by atoms with van der Waals surface area (Å²) in [7, 11) is 0. The molecule has 0 aromatic carbocycles. The lowest BCUT2D eigenvalue weighted by atomic mass is 9.84. The lowest BCUT2D eigenvalue weighted by Gasteiger charge is -2.41. The molecule has 0 bridgehead atoms. The summed E-state index contributed by atoms with van der Waals surface area (Å²) < 4.78 is 28.6. The van der Waals surface area contributed by atoms with Crippen molar-refractivity contribution < 1.29 is 18.3 Å². The van der Waals surface area contributed by atoms with Crippen molar-refractivity contribution in [3.63, 3.8) is 0 Å². The number of nitrogens with zero attached hydrogens (tertiary/aromatic N) is 4. The Morgan fingerprint density at radius 2 is 1.96 bits per heavy atom. The van der Waals surface area contributed by atoms with Gasteiger partial charge >= 0.3 is 6.61 Å². The van der Waals surface area contributed by atoms with Crippen LogP contribution in [0.4, 0.5) is 20.4 Å². The van der Waals surface area contributed by atoms with Crippen molar-refractivity contribution in [2.75, 3.05) is 10.2 Å². The van der Waals surface area contributed by atoms with Gasteiger partial charge in [-0.3, -0.25) is 14.7 Å². The number of nitrogens with one attached hydrogen (secondary N) is 1. The van der Waals surface area contributed by atoms with Gasteiger partial charge in [-0.05, 0) is 38.8 Å². The van der Waals surface area contributed by atoms with E-state index in [4.69, 9.17) is 0 Å². The number of carbonyl (C=O) groups is 1. The zero-order valence-corrected chi connectivity index (χ0v) is 14.9. The molecule has 1 aliphatic heterocycles. The fourth-order valence-electron chi connectivity index (χ4n) is 3.55. The number of rotatable bonds is 5. The average molecular weight is 375 g/mol. The predicted molar refractivity (Wildman–Crippen MR) is 93.8 cm³/mol. The maximum Gasteiger partial charge on any atom is 0.387 e. The molecule has 2 aliphatic rings. The first kappa shape index (κ1) is 17.6. The number of hydrogen-bond donors (Lipinski definition) is 1. The number of fused-ring (bicyclic) bond motifs is 1. The van der Waals surface area contributed by atoms with Crippen LogP contribution in [-0.2, 0) is 10.2 Å². The second-order valence-corrected chi connectivity index (χ2v) is 7.25. The van der Waals surface area contributed by atoms with E-state index in [0.717, 1.165) is 12.8 Å². The van der Waals surface area contributed by atoms with E-state index in [-0.39, 0.29) is 23.7 Å². The first-order chi connectivity index (χ1) is 12.9. The van der Waals surface area contributed by atoms with Crippen molar-refractivity contribution in [2.45, 2.75) is 50.8 Å². The summed E-state index contributed by atoms with van der Waals surface area (Å²) >= 11 is 0. The zero-order chi connectivity index (χ0) is 19.2. The topological polar surface area (TPSA) is 80.2 Å². The van der Waals surface area contributed by atoms with E-state index in [1.807, 2.05) is 13.8 Å². The van der Waals surface area contributed by atoms with Crippen LogP contribution < -0.4 is 15.0 Å². The van der Waals surface area contributed by atoms with E-state index in [9.17, 15) is 13.6 Å². The quantitative estimate of drug-likeness (QED) is 0.866. The lowest BCUT2D eigenvalue weighted by molar-refractivity contribution is -0.123. The highest BCUT2D eigenvalue weighted by Gasteiger charge is 2.51. The van der Waals surface area contributed by atoms with Gasteiger partial charge in [0, 0.05) is 24.5 Å². The lowest BCUT2D eigenvalue weighted by Crippen LogP contribution is -2.53. The van der Waals surface area contributed by atoms with Gasteiger partial charge < -0.3 is 10.1 Å². The third-order valence-corrected chi connectivity index (χ3v) is 5.04. The van der Waals surface area contributed by atoms with E-state index in [2.05, 4.69) is 25.0 Å². The summed E-state index contributed by atoms with van der Waals surface area (Å²) in [6, 6.07) is 3.22. The van der Waals surface area contributed by atoms with Crippen LogP contribution in [0.25, 0.3) is 0 Å². The van der Waals surface area contributed by atoms with Gasteiger partial charge in [-0.25, -0.2) is 9.97 Å². The second kappa shape index (κ2) is 6.40. The summed E-state index contributed by atoms with van der Waals surface area (Å²) in [4.78, 5) is 27.4. The molecule has 3 heterocycles. The van der Waals surface area contributed by atoms with Crippen molar-refractivity contribution in [3.05, 3.63) is 36.4 Å². The minimum absolute atomic E-state index is 0.0128. The van der Waals surface area contributed by atoms with Crippen LogP contribution in [0.3, 0.4) is 0 Å². The Morgan fingerprint density at radius 1 is 1.22 bits per heavy atom. The van der Waals surface area contributed by atoms with E-state index in [1.54, 1.807) is 23.4 Å².